The number of pyridine rings is 3. The maximum Gasteiger partial charge on any atom is 0.216 e. The standard InChI is InChI=1S/C22H13N2O.C18H24GeN.Ir/c1-2-7-15(8-3-1)19-13-12-17-16-9-6-10-18(20-11-4-5-14-23-20)21(16)25-22(17)24-19;1-14(2)11-16-12-18(15-9-7-6-8-10-15)20-13-17(16)19(3,4)5;/h1-9,11-14H;6-9,12-14H,11H2,1-5H3;/q2*-1;. The van der Waals surface area contributed by atoms with E-state index in [9.17, 15) is 0 Å². The molecule has 0 unspecified atom stereocenters. The Bertz CT molecular complexity index is 2040. The van der Waals surface area contributed by atoms with Crippen LogP contribution in [0.5, 0.6) is 0 Å². The van der Waals surface area contributed by atoms with Gasteiger partial charge >= 0.3 is 126 Å². The Morgan fingerprint density at radius 2 is 1.52 bits per heavy atom. The van der Waals surface area contributed by atoms with Crippen LogP contribution < -0.4 is 4.40 Å². The molecule has 0 aliphatic rings. The molecule has 0 N–H and O–H groups in total. The molecule has 4 aromatic heterocycles. The van der Waals surface area contributed by atoms with Crippen LogP contribution in [0, 0.1) is 18.1 Å². The number of benzene rings is 3. The molecule has 0 aliphatic carbocycles. The van der Waals surface area contributed by atoms with Gasteiger partial charge in [0.15, 0.2) is 0 Å². The Hall–Kier alpha value is -3.90. The fraction of sp³-hybridized carbons (Fsp3) is 0.175. The predicted molar refractivity (Wildman–Crippen MR) is 189 cm³/mol. The number of aromatic nitrogens is 3. The molecule has 0 bridgehead atoms. The molecule has 6 heteroatoms. The number of furan rings is 1. The molecule has 0 fully saturated rings. The minimum Gasteiger partial charge on any atom is -0.486 e. The zero-order valence-electron chi connectivity index (χ0n) is 26.8. The van der Waals surface area contributed by atoms with E-state index in [0.29, 0.717) is 11.6 Å². The van der Waals surface area contributed by atoms with Crippen LogP contribution >= 0.6 is 0 Å². The normalized spacial score (nSPS) is 11.3. The van der Waals surface area contributed by atoms with Crippen molar-refractivity contribution in [1.82, 2.24) is 15.0 Å². The van der Waals surface area contributed by atoms with Crippen molar-refractivity contribution in [3.8, 4) is 33.8 Å². The molecular formula is C40H37GeIrN3O-2. The van der Waals surface area contributed by atoms with E-state index >= 15 is 0 Å². The average Bonchev–Trinajstić information content (AvgIpc) is 3.44. The van der Waals surface area contributed by atoms with Crippen molar-refractivity contribution in [2.45, 2.75) is 37.5 Å². The van der Waals surface area contributed by atoms with Crippen molar-refractivity contribution >= 4 is 39.7 Å². The Morgan fingerprint density at radius 1 is 0.739 bits per heavy atom. The first-order valence-corrected chi connectivity index (χ1v) is 22.8. The number of nitrogens with zero attached hydrogens (tertiary/aromatic N) is 3. The van der Waals surface area contributed by atoms with E-state index in [4.69, 9.17) is 14.4 Å². The fourth-order valence-electron chi connectivity index (χ4n) is 5.57. The van der Waals surface area contributed by atoms with Gasteiger partial charge in [-0.05, 0) is 23.9 Å². The summed E-state index contributed by atoms with van der Waals surface area (Å²) in [4.78, 5) is 13.8. The van der Waals surface area contributed by atoms with Crippen LogP contribution in [0.1, 0.15) is 19.4 Å². The number of fused-ring (bicyclic) bond motifs is 3. The topological polar surface area (TPSA) is 51.8 Å². The SMILES string of the molecule is CC(C)Cc1cc(-c2[c-]cccc2)nc[c]1[Ge]([CH3])([CH3])[CH3].[Ir].[c-]1ccc2c(oc3nc(-c4ccccc4)ccc32)c1-c1ccccn1. The minimum absolute atomic E-state index is 0. The number of hydrogen-bond donors (Lipinski definition) is 0. The zero-order chi connectivity index (χ0) is 31.4. The predicted octanol–water partition coefficient (Wildman–Crippen LogP) is 9.80. The Kier molecular flexibility index (Phi) is 10.7. The smallest absolute Gasteiger partial charge is 0.216 e. The van der Waals surface area contributed by atoms with Crippen LogP contribution in [0.4, 0.5) is 0 Å². The summed E-state index contributed by atoms with van der Waals surface area (Å²) < 4.78 is 7.66. The second-order valence-corrected chi connectivity index (χ2v) is 23.3. The largest absolute Gasteiger partial charge is 0.486 e. The van der Waals surface area contributed by atoms with E-state index in [0.717, 1.165) is 56.5 Å². The number of hydrogen-bond acceptors (Lipinski definition) is 4. The maximum absolute atomic E-state index is 6.12. The summed E-state index contributed by atoms with van der Waals surface area (Å²) in [6.45, 7) is 4.57. The molecule has 0 amide bonds. The van der Waals surface area contributed by atoms with E-state index in [2.05, 4.69) is 72.6 Å². The molecule has 7 rings (SSSR count). The van der Waals surface area contributed by atoms with Crippen molar-refractivity contribution in [3.63, 3.8) is 0 Å². The van der Waals surface area contributed by atoms with Crippen molar-refractivity contribution in [3.05, 3.63) is 133 Å². The van der Waals surface area contributed by atoms with Gasteiger partial charge in [0.25, 0.3) is 0 Å². The quantitative estimate of drug-likeness (QED) is 0.124. The summed E-state index contributed by atoms with van der Waals surface area (Å²) >= 11 is -1.86. The first kappa shape index (κ1) is 33.5. The van der Waals surface area contributed by atoms with Crippen LogP contribution in [-0.4, -0.2) is 28.2 Å². The van der Waals surface area contributed by atoms with E-state index in [1.807, 2.05) is 84.9 Å². The van der Waals surface area contributed by atoms with Crippen LogP contribution in [0.25, 0.3) is 55.8 Å². The maximum atomic E-state index is 6.12. The molecule has 0 saturated heterocycles. The van der Waals surface area contributed by atoms with Crippen molar-refractivity contribution in [2.75, 3.05) is 0 Å². The molecule has 233 valence electrons. The van der Waals surface area contributed by atoms with Gasteiger partial charge in [-0.3, -0.25) is 0 Å². The summed E-state index contributed by atoms with van der Waals surface area (Å²) in [7, 11) is 0. The second kappa shape index (κ2) is 14.7. The molecular weight excluding hydrogens is 803 g/mol. The van der Waals surface area contributed by atoms with Gasteiger partial charge in [-0.2, -0.15) is 0 Å². The van der Waals surface area contributed by atoms with Gasteiger partial charge in [-0.25, -0.2) is 4.98 Å². The van der Waals surface area contributed by atoms with Crippen LogP contribution in [0.15, 0.2) is 120 Å². The first-order valence-electron chi connectivity index (χ1n) is 15.4. The van der Waals surface area contributed by atoms with Crippen LogP contribution in [-0.2, 0) is 26.5 Å². The minimum atomic E-state index is -1.86. The number of rotatable bonds is 6. The average molecular weight is 841 g/mol. The molecule has 46 heavy (non-hydrogen) atoms. The molecule has 3 aromatic carbocycles. The molecule has 0 saturated carbocycles. The van der Waals surface area contributed by atoms with Crippen LogP contribution in [0.2, 0.25) is 17.3 Å². The van der Waals surface area contributed by atoms with Gasteiger partial charge in [-0.15, -0.1) is 18.2 Å². The van der Waals surface area contributed by atoms with E-state index < -0.39 is 13.3 Å². The van der Waals surface area contributed by atoms with Crippen molar-refractivity contribution in [1.29, 1.82) is 0 Å². The Balaban J connectivity index is 0.000000182. The summed E-state index contributed by atoms with van der Waals surface area (Å²) in [5, 5.41) is 2.03. The third-order valence-corrected chi connectivity index (χ3v) is 12.0. The van der Waals surface area contributed by atoms with Crippen LogP contribution in [0.3, 0.4) is 0 Å². The summed E-state index contributed by atoms with van der Waals surface area (Å²) in [5.74, 6) is 7.99. The van der Waals surface area contributed by atoms with E-state index in [1.165, 1.54) is 5.56 Å². The third-order valence-electron chi connectivity index (χ3n) is 7.70. The van der Waals surface area contributed by atoms with Gasteiger partial charge < -0.3 is 9.40 Å². The molecule has 7 aromatic rings. The van der Waals surface area contributed by atoms with Gasteiger partial charge in [0.05, 0.1) is 11.3 Å². The van der Waals surface area contributed by atoms with Gasteiger partial charge in [0.2, 0.25) is 5.71 Å². The molecule has 0 spiro atoms. The van der Waals surface area contributed by atoms with Gasteiger partial charge in [-0.1, -0.05) is 53.4 Å². The summed E-state index contributed by atoms with van der Waals surface area (Å²) in [5.41, 5.74) is 8.71. The second-order valence-electron chi connectivity index (χ2n) is 12.7. The van der Waals surface area contributed by atoms with Gasteiger partial charge in [0.1, 0.15) is 0 Å². The molecule has 0 aliphatic heterocycles. The van der Waals surface area contributed by atoms with E-state index in [1.54, 1.807) is 10.6 Å². The zero-order valence-corrected chi connectivity index (χ0v) is 31.3. The fourth-order valence-corrected chi connectivity index (χ4v) is 8.91. The van der Waals surface area contributed by atoms with Crippen molar-refractivity contribution in [2.24, 2.45) is 5.92 Å². The summed E-state index contributed by atoms with van der Waals surface area (Å²) in [6, 6.07) is 40.8. The third kappa shape index (κ3) is 7.55. The first-order chi connectivity index (χ1) is 21.8. The van der Waals surface area contributed by atoms with E-state index in [-0.39, 0.29) is 20.1 Å². The summed E-state index contributed by atoms with van der Waals surface area (Å²) in [6.07, 6.45) is 5.05. The molecule has 4 nitrogen and oxygen atoms in total. The monoisotopic (exact) mass is 842 g/mol. The molecule has 0 atom stereocenters. The molecule has 1 radical (unpaired) electrons. The van der Waals surface area contributed by atoms with Crippen molar-refractivity contribution < 1.29 is 24.5 Å². The Morgan fingerprint density at radius 3 is 2.22 bits per heavy atom. The molecule has 4 heterocycles. The Labute approximate surface area is 288 Å². The van der Waals surface area contributed by atoms with Gasteiger partial charge in [0, 0.05) is 37.3 Å².